The van der Waals surface area contributed by atoms with Gasteiger partial charge in [-0.15, -0.1) is 11.8 Å². The van der Waals surface area contributed by atoms with Gasteiger partial charge in [0.1, 0.15) is 11.2 Å². The van der Waals surface area contributed by atoms with Crippen molar-refractivity contribution in [1.29, 1.82) is 0 Å². The fraction of sp³-hybridized carbons (Fsp3) is 0.595. The van der Waals surface area contributed by atoms with Crippen molar-refractivity contribution in [3.8, 4) is 0 Å². The minimum atomic E-state index is -0.495. The molecule has 3 atom stereocenters. The standard InChI is InChI=1S/C37H49FN4O3S/c1-37(2,3)17-22-42-35(45)31(46-36(42)28-8-6-9-29(38)33(28)26-13-18-39-19-14-26)23-32(43)41-20-15-24(16-21-41)27-12-11-25-7-4-5-10-30(25)40-34(27)44/h4-10,24,26-27,31,36,39H,11-23H2,1-3H3,(H,40,44)/t27?,31-,36+/m0/s1. The number of anilines is 1. The minimum absolute atomic E-state index is 0.00346. The molecule has 7 nitrogen and oxygen atoms in total. The van der Waals surface area contributed by atoms with Crippen molar-refractivity contribution in [2.75, 3.05) is 38.0 Å². The van der Waals surface area contributed by atoms with E-state index in [1.807, 2.05) is 34.1 Å². The molecule has 4 aliphatic rings. The molecular formula is C37H49FN4O3S. The van der Waals surface area contributed by atoms with Crippen molar-refractivity contribution in [1.82, 2.24) is 15.1 Å². The van der Waals surface area contributed by atoms with E-state index < -0.39 is 5.25 Å². The third-order valence-electron chi connectivity index (χ3n) is 10.5. The van der Waals surface area contributed by atoms with E-state index in [4.69, 9.17) is 0 Å². The van der Waals surface area contributed by atoms with E-state index in [2.05, 4.69) is 37.5 Å². The molecule has 4 heterocycles. The lowest BCUT2D eigenvalue weighted by Gasteiger charge is -2.35. The Morgan fingerprint density at radius 2 is 1.72 bits per heavy atom. The van der Waals surface area contributed by atoms with Crippen LogP contribution in [0.4, 0.5) is 10.1 Å². The minimum Gasteiger partial charge on any atom is -0.343 e. The number of nitrogens with one attached hydrogen (secondary N) is 2. The number of amides is 3. The topological polar surface area (TPSA) is 81.8 Å². The van der Waals surface area contributed by atoms with Crippen LogP contribution in [0.5, 0.6) is 0 Å². The first-order chi connectivity index (χ1) is 22.1. The number of carbonyl (C=O) groups is 3. The zero-order chi connectivity index (χ0) is 32.4. The van der Waals surface area contributed by atoms with Gasteiger partial charge in [0, 0.05) is 37.7 Å². The van der Waals surface area contributed by atoms with Crippen molar-refractivity contribution < 1.29 is 18.8 Å². The zero-order valence-corrected chi connectivity index (χ0v) is 28.3. The molecule has 46 heavy (non-hydrogen) atoms. The average molecular weight is 649 g/mol. The molecule has 6 rings (SSSR count). The van der Waals surface area contributed by atoms with E-state index in [-0.39, 0.29) is 58.5 Å². The lowest BCUT2D eigenvalue weighted by molar-refractivity contribution is -0.137. The van der Waals surface area contributed by atoms with Gasteiger partial charge >= 0.3 is 0 Å². The number of nitrogens with zero attached hydrogens (tertiary/aromatic N) is 2. The molecule has 0 radical (unpaired) electrons. The molecule has 9 heteroatoms. The number of benzene rings is 2. The molecular weight excluding hydrogens is 599 g/mol. The van der Waals surface area contributed by atoms with E-state index >= 15 is 4.39 Å². The van der Waals surface area contributed by atoms with Crippen molar-refractivity contribution >= 4 is 35.2 Å². The lowest BCUT2D eigenvalue weighted by Crippen LogP contribution is -2.43. The van der Waals surface area contributed by atoms with Gasteiger partial charge in [0.05, 0.1) is 5.25 Å². The van der Waals surface area contributed by atoms with Crippen molar-refractivity contribution in [2.45, 2.75) is 88.7 Å². The van der Waals surface area contributed by atoms with E-state index in [1.165, 1.54) is 17.3 Å². The summed E-state index contributed by atoms with van der Waals surface area (Å²) in [5.41, 5.74) is 3.76. The number of hydrogen-bond acceptors (Lipinski definition) is 5. The molecule has 2 N–H and O–H groups in total. The second kappa shape index (κ2) is 14.1. The molecule has 3 saturated heterocycles. The summed E-state index contributed by atoms with van der Waals surface area (Å²) in [6.07, 6.45) is 5.97. The van der Waals surface area contributed by atoms with Crippen LogP contribution in [0.15, 0.2) is 42.5 Å². The first-order valence-corrected chi connectivity index (χ1v) is 18.1. The third-order valence-corrected chi connectivity index (χ3v) is 12.0. The normalized spacial score (nSPS) is 24.9. The second-order valence-electron chi connectivity index (χ2n) is 14.8. The van der Waals surface area contributed by atoms with Crippen molar-refractivity contribution in [2.24, 2.45) is 17.3 Å². The number of piperidine rings is 2. The van der Waals surface area contributed by atoms with Crippen LogP contribution in [0.2, 0.25) is 0 Å². The molecule has 3 fully saturated rings. The van der Waals surface area contributed by atoms with Crippen molar-refractivity contribution in [3.63, 3.8) is 0 Å². The molecule has 0 saturated carbocycles. The van der Waals surface area contributed by atoms with Gasteiger partial charge in [-0.05, 0) is 104 Å². The summed E-state index contributed by atoms with van der Waals surface area (Å²) >= 11 is 1.52. The molecule has 4 aliphatic heterocycles. The lowest BCUT2D eigenvalue weighted by atomic mass is 9.81. The number of rotatable bonds is 7. The largest absolute Gasteiger partial charge is 0.343 e. The van der Waals surface area contributed by atoms with E-state index in [1.54, 1.807) is 12.1 Å². The van der Waals surface area contributed by atoms with Crippen LogP contribution in [-0.4, -0.2) is 65.5 Å². The maximum Gasteiger partial charge on any atom is 0.237 e. The van der Waals surface area contributed by atoms with Gasteiger partial charge in [0.15, 0.2) is 0 Å². The van der Waals surface area contributed by atoms with Gasteiger partial charge in [-0.2, -0.15) is 0 Å². The van der Waals surface area contributed by atoms with Crippen LogP contribution in [0.25, 0.3) is 0 Å². The molecule has 2 aromatic carbocycles. The summed E-state index contributed by atoms with van der Waals surface area (Å²) in [7, 11) is 0. The predicted octanol–water partition coefficient (Wildman–Crippen LogP) is 6.50. The summed E-state index contributed by atoms with van der Waals surface area (Å²) in [5, 5.41) is 5.71. The Morgan fingerprint density at radius 1 is 0.978 bits per heavy atom. The molecule has 3 amide bonds. The zero-order valence-electron chi connectivity index (χ0n) is 27.5. The third kappa shape index (κ3) is 7.30. The maximum absolute atomic E-state index is 15.5. The Bertz CT molecular complexity index is 1430. The highest BCUT2D eigenvalue weighted by Gasteiger charge is 2.44. The molecule has 0 aliphatic carbocycles. The molecule has 1 unspecified atom stereocenters. The first-order valence-electron chi connectivity index (χ1n) is 17.2. The van der Waals surface area contributed by atoms with Gasteiger partial charge in [-0.3, -0.25) is 14.4 Å². The molecule has 0 spiro atoms. The number of para-hydroxylation sites is 1. The number of halogens is 1. The summed E-state index contributed by atoms with van der Waals surface area (Å²) in [4.78, 5) is 44.6. The second-order valence-corrected chi connectivity index (χ2v) is 16.1. The van der Waals surface area contributed by atoms with Crippen LogP contribution in [0, 0.1) is 23.1 Å². The highest BCUT2D eigenvalue weighted by molar-refractivity contribution is 8.01. The summed E-state index contributed by atoms with van der Waals surface area (Å²) in [6, 6.07) is 13.3. The number of aryl methyl sites for hydroxylation is 1. The number of hydrogen-bond donors (Lipinski definition) is 2. The number of thioether (sulfide) groups is 1. The Morgan fingerprint density at radius 3 is 2.46 bits per heavy atom. The van der Waals surface area contributed by atoms with E-state index in [9.17, 15) is 14.4 Å². The summed E-state index contributed by atoms with van der Waals surface area (Å²) < 4.78 is 15.5. The van der Waals surface area contributed by atoms with Crippen LogP contribution < -0.4 is 10.6 Å². The summed E-state index contributed by atoms with van der Waals surface area (Å²) in [6.45, 7) is 10.00. The summed E-state index contributed by atoms with van der Waals surface area (Å²) in [5.74, 6) is 0.166. The quantitative estimate of drug-likeness (QED) is 0.358. The Balaban J connectivity index is 1.13. The maximum atomic E-state index is 15.5. The van der Waals surface area contributed by atoms with Crippen LogP contribution in [0.1, 0.15) is 93.7 Å². The average Bonchev–Trinajstić information content (AvgIpc) is 3.23. The Hall–Kier alpha value is -2.91. The van der Waals surface area contributed by atoms with Crippen molar-refractivity contribution in [3.05, 3.63) is 65.0 Å². The van der Waals surface area contributed by atoms with E-state index in [0.717, 1.165) is 74.8 Å². The van der Waals surface area contributed by atoms with Gasteiger partial charge in [0.25, 0.3) is 0 Å². The monoisotopic (exact) mass is 648 g/mol. The highest BCUT2D eigenvalue weighted by Crippen LogP contribution is 2.48. The van der Waals surface area contributed by atoms with Crippen LogP contribution in [0.3, 0.4) is 0 Å². The molecule has 2 aromatic rings. The van der Waals surface area contributed by atoms with Crippen LogP contribution in [-0.2, 0) is 20.8 Å². The SMILES string of the molecule is CC(C)(C)CCN1C(=O)[C@H](CC(=O)N2CCC(C3CCc4ccccc4NC3=O)CC2)S[C@@H]1c1cccc(F)c1C1CCNCC1. The van der Waals surface area contributed by atoms with Gasteiger partial charge < -0.3 is 20.4 Å². The molecule has 248 valence electrons. The van der Waals surface area contributed by atoms with Gasteiger partial charge in [-0.25, -0.2) is 4.39 Å². The highest BCUT2D eigenvalue weighted by atomic mass is 32.2. The fourth-order valence-corrected chi connectivity index (χ4v) is 9.28. The molecule has 0 aromatic heterocycles. The Kier molecular flexibility index (Phi) is 10.1. The van der Waals surface area contributed by atoms with E-state index in [0.29, 0.717) is 19.6 Å². The molecule has 0 bridgehead atoms. The number of likely N-dealkylation sites (tertiary alicyclic amines) is 1. The van der Waals surface area contributed by atoms with Gasteiger partial charge in [0.2, 0.25) is 17.7 Å². The smallest absolute Gasteiger partial charge is 0.237 e. The van der Waals surface area contributed by atoms with Crippen LogP contribution >= 0.6 is 11.8 Å². The Labute approximate surface area is 277 Å². The number of carbonyl (C=O) groups excluding carboxylic acids is 3. The fourth-order valence-electron chi connectivity index (χ4n) is 7.77. The predicted molar refractivity (Wildman–Crippen MR) is 182 cm³/mol. The number of fused-ring (bicyclic) bond motifs is 1. The first kappa shape index (κ1) is 33.0. The van der Waals surface area contributed by atoms with Gasteiger partial charge in [-0.1, -0.05) is 51.1 Å².